The van der Waals surface area contributed by atoms with Crippen LogP contribution in [-0.2, 0) is 24.3 Å². The lowest BCUT2D eigenvalue weighted by molar-refractivity contribution is -0.160. The summed E-state index contributed by atoms with van der Waals surface area (Å²) in [5, 5.41) is 2.95. The molecule has 1 aromatic carbocycles. The zero-order valence-electron chi connectivity index (χ0n) is 17.2. The van der Waals surface area contributed by atoms with Gasteiger partial charge in [0, 0.05) is 19.1 Å². The fraction of sp³-hybridized carbons (Fsp3) is 0.619. The van der Waals surface area contributed by atoms with Crippen molar-refractivity contribution in [2.75, 3.05) is 13.1 Å². The van der Waals surface area contributed by atoms with Gasteiger partial charge < -0.3 is 10.1 Å². The highest BCUT2D eigenvalue weighted by molar-refractivity contribution is 7.89. The van der Waals surface area contributed by atoms with Gasteiger partial charge in [0.2, 0.25) is 10.0 Å². The van der Waals surface area contributed by atoms with Crippen molar-refractivity contribution in [2.45, 2.75) is 68.9 Å². The van der Waals surface area contributed by atoms with E-state index in [1.54, 1.807) is 6.92 Å². The number of piperidine rings is 1. The van der Waals surface area contributed by atoms with Gasteiger partial charge in [-0.05, 0) is 56.9 Å². The van der Waals surface area contributed by atoms with E-state index in [2.05, 4.69) is 5.32 Å². The summed E-state index contributed by atoms with van der Waals surface area (Å²) >= 11 is 0. The largest absolute Gasteiger partial charge is 0.452 e. The van der Waals surface area contributed by atoms with E-state index in [1.165, 1.54) is 22.9 Å². The van der Waals surface area contributed by atoms with Gasteiger partial charge in [0.15, 0.2) is 6.10 Å². The Morgan fingerprint density at radius 1 is 1.07 bits per heavy atom. The minimum Gasteiger partial charge on any atom is -0.452 e. The van der Waals surface area contributed by atoms with Crippen LogP contribution in [0, 0.1) is 11.7 Å². The summed E-state index contributed by atoms with van der Waals surface area (Å²) in [6.45, 7) is 1.90. The molecule has 1 heterocycles. The van der Waals surface area contributed by atoms with Crippen molar-refractivity contribution in [3.63, 3.8) is 0 Å². The van der Waals surface area contributed by atoms with Crippen molar-refractivity contribution < 1.29 is 27.1 Å². The Morgan fingerprint density at radius 2 is 1.67 bits per heavy atom. The van der Waals surface area contributed by atoms with Crippen LogP contribution in [0.5, 0.6) is 0 Å². The molecule has 1 amide bonds. The Morgan fingerprint density at radius 3 is 2.27 bits per heavy atom. The highest BCUT2D eigenvalue weighted by Crippen LogP contribution is 2.25. The maximum absolute atomic E-state index is 13.1. The van der Waals surface area contributed by atoms with Gasteiger partial charge in [-0.1, -0.05) is 19.3 Å². The maximum Gasteiger partial charge on any atom is 0.309 e. The molecule has 1 saturated heterocycles. The van der Waals surface area contributed by atoms with E-state index < -0.39 is 33.8 Å². The molecule has 0 aromatic heterocycles. The van der Waals surface area contributed by atoms with E-state index in [1.807, 2.05) is 0 Å². The molecule has 3 rings (SSSR count). The van der Waals surface area contributed by atoms with E-state index in [4.69, 9.17) is 4.74 Å². The SMILES string of the molecule is C[C@@H](OC(=O)C1CCN(S(=O)(=O)c2ccc(F)cc2)CC1)C(=O)NC1CCCCC1. The molecule has 7 nitrogen and oxygen atoms in total. The number of amides is 1. The molecule has 30 heavy (non-hydrogen) atoms. The van der Waals surface area contributed by atoms with Gasteiger partial charge in [-0.15, -0.1) is 0 Å². The minimum atomic E-state index is -3.73. The van der Waals surface area contributed by atoms with E-state index >= 15 is 0 Å². The number of ether oxygens (including phenoxy) is 1. The molecule has 0 bridgehead atoms. The molecule has 1 N–H and O–H groups in total. The molecular weight excluding hydrogens is 411 g/mol. The standard InChI is InChI=1S/C21H29FN2O5S/c1-15(20(25)23-18-5-3-2-4-6-18)29-21(26)16-11-13-24(14-12-16)30(27,28)19-9-7-17(22)8-10-19/h7-10,15-16,18H,2-6,11-14H2,1H3,(H,23,25)/t15-/m1/s1. The molecule has 0 spiro atoms. The number of carbonyl (C=O) groups excluding carboxylic acids is 2. The third-order valence-corrected chi connectivity index (χ3v) is 7.77. The first kappa shape index (κ1) is 22.7. The van der Waals surface area contributed by atoms with Gasteiger partial charge in [0.25, 0.3) is 5.91 Å². The normalized spacial score (nSPS) is 20.5. The number of nitrogens with zero attached hydrogens (tertiary/aromatic N) is 1. The minimum absolute atomic E-state index is 0.0259. The van der Waals surface area contributed by atoms with Crippen LogP contribution < -0.4 is 5.32 Å². The highest BCUT2D eigenvalue weighted by Gasteiger charge is 2.34. The van der Waals surface area contributed by atoms with Gasteiger partial charge in [-0.2, -0.15) is 4.31 Å². The summed E-state index contributed by atoms with van der Waals surface area (Å²) in [7, 11) is -3.73. The van der Waals surface area contributed by atoms with Gasteiger partial charge in [0.1, 0.15) is 5.82 Å². The summed E-state index contributed by atoms with van der Waals surface area (Å²) in [5.74, 6) is -1.71. The quantitative estimate of drug-likeness (QED) is 0.687. The molecular formula is C21H29FN2O5S. The van der Waals surface area contributed by atoms with Crippen LogP contribution in [-0.4, -0.2) is 49.8 Å². The van der Waals surface area contributed by atoms with Crippen LogP contribution in [0.2, 0.25) is 0 Å². The number of hydrogen-bond acceptors (Lipinski definition) is 5. The number of sulfonamides is 1. The van der Waals surface area contributed by atoms with Crippen molar-refractivity contribution in [3.8, 4) is 0 Å². The van der Waals surface area contributed by atoms with Crippen molar-refractivity contribution in [1.29, 1.82) is 0 Å². The first-order valence-corrected chi connectivity index (χ1v) is 12.0. The number of rotatable bonds is 6. The van der Waals surface area contributed by atoms with Gasteiger partial charge in [-0.25, -0.2) is 12.8 Å². The second-order valence-corrected chi connectivity index (χ2v) is 9.99. The third kappa shape index (κ3) is 5.57. The van der Waals surface area contributed by atoms with Crippen molar-refractivity contribution >= 4 is 21.9 Å². The Kier molecular flexibility index (Phi) is 7.46. The fourth-order valence-corrected chi connectivity index (χ4v) is 5.45. The number of nitrogens with one attached hydrogen (secondary N) is 1. The lowest BCUT2D eigenvalue weighted by atomic mass is 9.95. The summed E-state index contributed by atoms with van der Waals surface area (Å²) in [5.41, 5.74) is 0. The van der Waals surface area contributed by atoms with Gasteiger partial charge in [0.05, 0.1) is 10.8 Å². The van der Waals surface area contributed by atoms with E-state index in [-0.39, 0.29) is 29.9 Å². The molecule has 1 aromatic rings. The van der Waals surface area contributed by atoms with E-state index in [9.17, 15) is 22.4 Å². The predicted octanol–water partition coefficient (Wildman–Crippen LogP) is 2.61. The zero-order valence-corrected chi connectivity index (χ0v) is 18.0. The highest BCUT2D eigenvalue weighted by atomic mass is 32.2. The lowest BCUT2D eigenvalue weighted by Crippen LogP contribution is -2.44. The Balaban J connectivity index is 1.48. The number of halogens is 1. The van der Waals surface area contributed by atoms with Crippen LogP contribution in [0.15, 0.2) is 29.2 Å². The Bertz CT molecular complexity index is 845. The van der Waals surface area contributed by atoms with Crippen LogP contribution in [0.25, 0.3) is 0 Å². The van der Waals surface area contributed by atoms with E-state index in [0.29, 0.717) is 12.8 Å². The predicted molar refractivity (Wildman–Crippen MR) is 108 cm³/mol. The average Bonchev–Trinajstić information content (AvgIpc) is 2.74. The van der Waals surface area contributed by atoms with Crippen molar-refractivity contribution in [3.05, 3.63) is 30.1 Å². The number of carbonyl (C=O) groups is 2. The topological polar surface area (TPSA) is 92.8 Å². The van der Waals surface area contributed by atoms with Gasteiger partial charge in [-0.3, -0.25) is 9.59 Å². The fourth-order valence-electron chi connectivity index (χ4n) is 3.98. The van der Waals surface area contributed by atoms with Crippen LogP contribution >= 0.6 is 0 Å². The number of benzene rings is 1. The zero-order chi connectivity index (χ0) is 21.7. The van der Waals surface area contributed by atoms with Gasteiger partial charge >= 0.3 is 5.97 Å². The molecule has 1 aliphatic heterocycles. The second-order valence-electron chi connectivity index (χ2n) is 8.05. The summed E-state index contributed by atoms with van der Waals surface area (Å²) in [4.78, 5) is 24.8. The number of hydrogen-bond donors (Lipinski definition) is 1. The van der Waals surface area contributed by atoms with Crippen molar-refractivity contribution in [1.82, 2.24) is 9.62 Å². The smallest absolute Gasteiger partial charge is 0.309 e. The molecule has 1 saturated carbocycles. The molecule has 0 unspecified atom stereocenters. The molecule has 2 aliphatic rings. The maximum atomic E-state index is 13.1. The molecule has 1 atom stereocenters. The second kappa shape index (κ2) is 9.87. The first-order chi connectivity index (χ1) is 14.3. The molecule has 1 aliphatic carbocycles. The van der Waals surface area contributed by atoms with Crippen molar-refractivity contribution in [2.24, 2.45) is 5.92 Å². The molecule has 166 valence electrons. The third-order valence-electron chi connectivity index (χ3n) is 5.85. The Labute approximate surface area is 177 Å². The monoisotopic (exact) mass is 440 g/mol. The average molecular weight is 441 g/mol. The Hall–Kier alpha value is -2.00. The van der Waals surface area contributed by atoms with Crippen LogP contribution in [0.4, 0.5) is 4.39 Å². The van der Waals surface area contributed by atoms with Crippen LogP contribution in [0.1, 0.15) is 51.9 Å². The molecule has 0 radical (unpaired) electrons. The lowest BCUT2D eigenvalue weighted by Gasteiger charge is -2.30. The summed E-state index contributed by atoms with van der Waals surface area (Å²) in [6.07, 6.45) is 5.04. The molecule has 9 heteroatoms. The van der Waals surface area contributed by atoms with E-state index in [0.717, 1.165) is 37.8 Å². The summed E-state index contributed by atoms with van der Waals surface area (Å²) in [6, 6.07) is 4.83. The molecule has 2 fully saturated rings. The number of esters is 1. The summed E-state index contributed by atoms with van der Waals surface area (Å²) < 4.78 is 45.0. The van der Waals surface area contributed by atoms with Crippen LogP contribution in [0.3, 0.4) is 0 Å². The first-order valence-electron chi connectivity index (χ1n) is 10.5.